The van der Waals surface area contributed by atoms with Crippen LogP contribution in [0.4, 0.5) is 0 Å². The van der Waals surface area contributed by atoms with E-state index in [1.165, 1.54) is 0 Å². The third-order valence-corrected chi connectivity index (χ3v) is 3.07. The number of hydrogen-bond acceptors (Lipinski definition) is 2. The maximum atomic E-state index is 9.64. The third-order valence-electron chi connectivity index (χ3n) is 2.83. The van der Waals surface area contributed by atoms with E-state index < -0.39 is 0 Å². The molecule has 1 aromatic carbocycles. The monoisotopic (exact) mass is 226 g/mol. The van der Waals surface area contributed by atoms with Crippen LogP contribution in [-0.2, 0) is 0 Å². The molecule has 0 bridgehead atoms. The molecule has 0 aromatic heterocycles. The Labute approximate surface area is 94.8 Å². The number of aliphatic hydroxyl groups excluding tert-OH is 1. The topological polar surface area (TPSA) is 29.5 Å². The van der Waals surface area contributed by atoms with Gasteiger partial charge in [-0.1, -0.05) is 11.6 Å². The lowest BCUT2D eigenvalue weighted by molar-refractivity contribution is 0.0600. The molecule has 2 nitrogen and oxygen atoms in total. The second-order valence-electron chi connectivity index (χ2n) is 4.06. The van der Waals surface area contributed by atoms with Gasteiger partial charge < -0.3 is 9.84 Å². The Morgan fingerprint density at radius 3 is 2.80 bits per heavy atom. The first-order valence-electron chi connectivity index (χ1n) is 5.27. The summed E-state index contributed by atoms with van der Waals surface area (Å²) in [5, 5.41) is 10.4. The summed E-state index contributed by atoms with van der Waals surface area (Å²) in [4.78, 5) is 0. The zero-order valence-electron chi connectivity index (χ0n) is 8.74. The van der Waals surface area contributed by atoms with E-state index in [-0.39, 0.29) is 12.2 Å². The molecule has 1 aliphatic carbocycles. The Balaban J connectivity index is 2.10. The van der Waals surface area contributed by atoms with Gasteiger partial charge in [0.05, 0.1) is 6.10 Å². The minimum absolute atomic E-state index is 0.0510. The molecule has 2 atom stereocenters. The lowest BCUT2D eigenvalue weighted by Crippen LogP contribution is -2.25. The number of aliphatic hydroxyl groups is 1. The average Bonchev–Trinajstić information content (AvgIpc) is 2.57. The minimum Gasteiger partial charge on any atom is -0.487 e. The first kappa shape index (κ1) is 10.8. The summed E-state index contributed by atoms with van der Waals surface area (Å²) in [5.74, 6) is 0.824. The summed E-state index contributed by atoms with van der Waals surface area (Å²) in [6, 6.07) is 5.55. The van der Waals surface area contributed by atoms with E-state index in [1.54, 1.807) is 0 Å². The van der Waals surface area contributed by atoms with E-state index in [9.17, 15) is 5.11 Å². The van der Waals surface area contributed by atoms with E-state index in [1.807, 2.05) is 25.1 Å². The van der Waals surface area contributed by atoms with Crippen LogP contribution in [0, 0.1) is 6.92 Å². The fourth-order valence-electron chi connectivity index (χ4n) is 1.95. The molecular weight excluding hydrogens is 212 g/mol. The van der Waals surface area contributed by atoms with Crippen molar-refractivity contribution in [3.8, 4) is 5.75 Å². The van der Waals surface area contributed by atoms with Crippen molar-refractivity contribution in [1.82, 2.24) is 0 Å². The lowest BCUT2D eigenvalue weighted by atomic mass is 10.2. The number of hydrogen-bond donors (Lipinski definition) is 1. The van der Waals surface area contributed by atoms with Crippen LogP contribution >= 0.6 is 11.6 Å². The van der Waals surface area contributed by atoms with Crippen molar-refractivity contribution in [2.45, 2.75) is 38.4 Å². The highest BCUT2D eigenvalue weighted by Crippen LogP contribution is 2.28. The molecule has 0 aliphatic heterocycles. The van der Waals surface area contributed by atoms with Crippen LogP contribution in [0.5, 0.6) is 5.75 Å². The highest BCUT2D eigenvalue weighted by molar-refractivity contribution is 6.30. The predicted molar refractivity (Wildman–Crippen MR) is 60.5 cm³/mol. The van der Waals surface area contributed by atoms with Gasteiger partial charge in [0.15, 0.2) is 0 Å². The van der Waals surface area contributed by atoms with Crippen molar-refractivity contribution in [3.63, 3.8) is 0 Å². The van der Waals surface area contributed by atoms with Gasteiger partial charge in [-0.3, -0.25) is 0 Å². The van der Waals surface area contributed by atoms with Gasteiger partial charge in [-0.2, -0.15) is 0 Å². The SMILES string of the molecule is Cc1cc(Cl)ccc1O[C@H]1CCC[C@@H]1O. The molecule has 2 rings (SSSR count). The van der Waals surface area contributed by atoms with Crippen molar-refractivity contribution in [3.05, 3.63) is 28.8 Å². The van der Waals surface area contributed by atoms with Crippen molar-refractivity contribution in [1.29, 1.82) is 0 Å². The van der Waals surface area contributed by atoms with Gasteiger partial charge >= 0.3 is 0 Å². The number of aryl methyl sites for hydroxylation is 1. The lowest BCUT2D eigenvalue weighted by Gasteiger charge is -2.18. The Bertz CT molecular complexity index is 351. The van der Waals surface area contributed by atoms with Crippen molar-refractivity contribution in [2.24, 2.45) is 0 Å². The first-order chi connectivity index (χ1) is 7.16. The van der Waals surface area contributed by atoms with Crippen LogP contribution in [-0.4, -0.2) is 17.3 Å². The van der Waals surface area contributed by atoms with Crippen LogP contribution in [0.1, 0.15) is 24.8 Å². The van der Waals surface area contributed by atoms with Crippen LogP contribution < -0.4 is 4.74 Å². The molecule has 82 valence electrons. The summed E-state index contributed by atoms with van der Waals surface area (Å²) in [7, 11) is 0. The summed E-state index contributed by atoms with van der Waals surface area (Å²) >= 11 is 5.86. The van der Waals surface area contributed by atoms with Crippen LogP contribution in [0.2, 0.25) is 5.02 Å². The highest BCUT2D eigenvalue weighted by Gasteiger charge is 2.27. The molecule has 1 N–H and O–H groups in total. The molecular formula is C12H15ClO2. The number of rotatable bonds is 2. The second kappa shape index (κ2) is 4.42. The Kier molecular flexibility index (Phi) is 3.17. The maximum absolute atomic E-state index is 9.64. The largest absolute Gasteiger partial charge is 0.487 e. The fourth-order valence-corrected chi connectivity index (χ4v) is 2.18. The van der Waals surface area contributed by atoms with E-state index in [4.69, 9.17) is 16.3 Å². The molecule has 1 aromatic rings. The summed E-state index contributed by atoms with van der Waals surface area (Å²) in [6.07, 6.45) is 2.45. The van der Waals surface area contributed by atoms with Crippen molar-refractivity contribution in [2.75, 3.05) is 0 Å². The molecule has 0 heterocycles. The van der Waals surface area contributed by atoms with Gasteiger partial charge in [0, 0.05) is 5.02 Å². The van der Waals surface area contributed by atoms with E-state index >= 15 is 0 Å². The third kappa shape index (κ3) is 2.44. The van der Waals surface area contributed by atoms with E-state index in [0.29, 0.717) is 5.02 Å². The molecule has 1 fully saturated rings. The molecule has 0 radical (unpaired) electrons. The molecule has 3 heteroatoms. The van der Waals surface area contributed by atoms with Gasteiger partial charge in [0.1, 0.15) is 11.9 Å². The molecule has 0 saturated heterocycles. The Morgan fingerprint density at radius 2 is 2.20 bits per heavy atom. The fraction of sp³-hybridized carbons (Fsp3) is 0.500. The number of benzene rings is 1. The summed E-state index contributed by atoms with van der Waals surface area (Å²) < 4.78 is 5.76. The molecule has 0 amide bonds. The van der Waals surface area contributed by atoms with Gasteiger partial charge in [0.25, 0.3) is 0 Å². The smallest absolute Gasteiger partial charge is 0.124 e. The Morgan fingerprint density at radius 1 is 1.40 bits per heavy atom. The van der Waals surface area contributed by atoms with Crippen molar-refractivity contribution < 1.29 is 9.84 Å². The van der Waals surface area contributed by atoms with E-state index in [2.05, 4.69) is 0 Å². The molecule has 15 heavy (non-hydrogen) atoms. The van der Waals surface area contributed by atoms with Crippen LogP contribution in [0.3, 0.4) is 0 Å². The highest BCUT2D eigenvalue weighted by atomic mass is 35.5. The quantitative estimate of drug-likeness (QED) is 0.840. The van der Waals surface area contributed by atoms with Gasteiger partial charge in [-0.25, -0.2) is 0 Å². The zero-order chi connectivity index (χ0) is 10.8. The van der Waals surface area contributed by atoms with Gasteiger partial charge in [-0.15, -0.1) is 0 Å². The van der Waals surface area contributed by atoms with Crippen LogP contribution in [0.15, 0.2) is 18.2 Å². The van der Waals surface area contributed by atoms with Gasteiger partial charge in [0.2, 0.25) is 0 Å². The normalized spacial score (nSPS) is 25.5. The average molecular weight is 227 g/mol. The summed E-state index contributed by atoms with van der Waals surface area (Å²) in [6.45, 7) is 1.96. The minimum atomic E-state index is -0.319. The molecule has 1 saturated carbocycles. The summed E-state index contributed by atoms with van der Waals surface area (Å²) in [5.41, 5.74) is 1.02. The number of ether oxygens (including phenoxy) is 1. The van der Waals surface area contributed by atoms with Crippen molar-refractivity contribution >= 4 is 11.6 Å². The zero-order valence-corrected chi connectivity index (χ0v) is 9.50. The molecule has 0 spiro atoms. The predicted octanol–water partition coefficient (Wildman–Crippen LogP) is 2.94. The van der Waals surface area contributed by atoms with E-state index in [0.717, 1.165) is 30.6 Å². The number of halogens is 1. The maximum Gasteiger partial charge on any atom is 0.124 e. The standard InChI is InChI=1S/C12H15ClO2/c1-8-7-9(13)5-6-11(8)15-12-4-2-3-10(12)14/h5-7,10,12,14H,2-4H2,1H3/t10-,12-/m0/s1. The Hall–Kier alpha value is -0.730. The van der Waals surface area contributed by atoms with Crippen LogP contribution in [0.25, 0.3) is 0 Å². The van der Waals surface area contributed by atoms with Gasteiger partial charge in [-0.05, 0) is 49.9 Å². The first-order valence-corrected chi connectivity index (χ1v) is 5.65. The second-order valence-corrected chi connectivity index (χ2v) is 4.50. The molecule has 1 aliphatic rings. The molecule has 0 unspecified atom stereocenters.